The Kier molecular flexibility index (Phi) is 5.22. The number of aromatic nitrogens is 3. The SMILES string of the molecule is CCN1CCN(C(=O)c2ccc(-n3c(-c4ccccc4)nc4cccnc43)cc2)CC1. The van der Waals surface area contributed by atoms with Gasteiger partial charge >= 0.3 is 0 Å². The molecule has 156 valence electrons. The van der Waals surface area contributed by atoms with Crippen molar-refractivity contribution in [2.24, 2.45) is 0 Å². The molecule has 0 spiro atoms. The van der Waals surface area contributed by atoms with Crippen LogP contribution in [0.15, 0.2) is 72.9 Å². The molecule has 5 rings (SSSR count). The van der Waals surface area contributed by atoms with Gasteiger partial charge in [0.15, 0.2) is 5.65 Å². The third-order valence-electron chi connectivity index (χ3n) is 5.93. The molecule has 1 aliphatic heterocycles. The van der Waals surface area contributed by atoms with Gasteiger partial charge in [0, 0.05) is 49.2 Å². The number of likely N-dealkylation sites (N-methyl/N-ethyl adjacent to an activating group) is 1. The molecule has 31 heavy (non-hydrogen) atoms. The van der Waals surface area contributed by atoms with E-state index in [-0.39, 0.29) is 5.91 Å². The second-order valence-electron chi connectivity index (χ2n) is 7.76. The summed E-state index contributed by atoms with van der Waals surface area (Å²) in [7, 11) is 0. The maximum Gasteiger partial charge on any atom is 0.253 e. The van der Waals surface area contributed by atoms with E-state index in [2.05, 4.69) is 21.4 Å². The fourth-order valence-electron chi connectivity index (χ4n) is 4.14. The monoisotopic (exact) mass is 411 g/mol. The first kappa shape index (κ1) is 19.5. The first-order chi connectivity index (χ1) is 15.2. The Hall–Kier alpha value is -3.51. The Morgan fingerprint density at radius 2 is 1.65 bits per heavy atom. The van der Waals surface area contributed by atoms with Crippen molar-refractivity contribution >= 4 is 17.1 Å². The molecular formula is C25H25N5O. The van der Waals surface area contributed by atoms with Gasteiger partial charge in [0.1, 0.15) is 11.3 Å². The molecule has 4 aromatic rings. The van der Waals surface area contributed by atoms with Crippen molar-refractivity contribution < 1.29 is 4.79 Å². The lowest BCUT2D eigenvalue weighted by Crippen LogP contribution is -2.48. The van der Waals surface area contributed by atoms with Crippen molar-refractivity contribution in [3.05, 3.63) is 78.5 Å². The quantitative estimate of drug-likeness (QED) is 0.512. The molecule has 0 radical (unpaired) electrons. The molecule has 0 N–H and O–H groups in total. The summed E-state index contributed by atoms with van der Waals surface area (Å²) in [6.45, 7) is 6.63. The summed E-state index contributed by atoms with van der Waals surface area (Å²) in [6.07, 6.45) is 1.78. The summed E-state index contributed by atoms with van der Waals surface area (Å²) in [5, 5.41) is 0. The number of hydrogen-bond donors (Lipinski definition) is 0. The highest BCUT2D eigenvalue weighted by Crippen LogP contribution is 2.27. The molecule has 0 bridgehead atoms. The molecule has 1 fully saturated rings. The fraction of sp³-hybridized carbons (Fsp3) is 0.240. The van der Waals surface area contributed by atoms with Gasteiger partial charge in [-0.15, -0.1) is 0 Å². The summed E-state index contributed by atoms with van der Waals surface area (Å²) in [5.74, 6) is 0.934. The zero-order valence-corrected chi connectivity index (χ0v) is 17.6. The first-order valence-electron chi connectivity index (χ1n) is 10.8. The Bertz CT molecular complexity index is 1190. The van der Waals surface area contributed by atoms with E-state index in [1.54, 1.807) is 6.20 Å². The largest absolute Gasteiger partial charge is 0.336 e. The molecule has 2 aromatic heterocycles. The van der Waals surface area contributed by atoms with E-state index in [1.165, 1.54) is 0 Å². The number of piperazine rings is 1. The normalized spacial score (nSPS) is 14.8. The van der Waals surface area contributed by atoms with Gasteiger partial charge in [0.05, 0.1) is 0 Å². The Labute approximate surface area is 181 Å². The van der Waals surface area contributed by atoms with Crippen LogP contribution in [0.3, 0.4) is 0 Å². The number of imidazole rings is 1. The Morgan fingerprint density at radius 3 is 2.35 bits per heavy atom. The van der Waals surface area contributed by atoms with E-state index >= 15 is 0 Å². The zero-order valence-electron chi connectivity index (χ0n) is 17.6. The third kappa shape index (κ3) is 3.70. The van der Waals surface area contributed by atoms with Crippen LogP contribution in [0.25, 0.3) is 28.2 Å². The lowest BCUT2D eigenvalue weighted by atomic mass is 10.1. The highest BCUT2D eigenvalue weighted by molar-refractivity contribution is 5.94. The molecule has 6 nitrogen and oxygen atoms in total. The minimum atomic E-state index is 0.0965. The maximum absolute atomic E-state index is 13.0. The lowest BCUT2D eigenvalue weighted by molar-refractivity contribution is 0.0643. The van der Waals surface area contributed by atoms with Crippen molar-refractivity contribution in [2.75, 3.05) is 32.7 Å². The van der Waals surface area contributed by atoms with Crippen molar-refractivity contribution in [1.29, 1.82) is 0 Å². The average Bonchev–Trinajstić information content (AvgIpc) is 3.24. The number of rotatable bonds is 4. The number of fused-ring (bicyclic) bond motifs is 1. The predicted octanol–water partition coefficient (Wildman–Crippen LogP) is 3.87. The standard InChI is InChI=1S/C25H25N5O/c1-2-28-15-17-29(18-16-28)25(31)20-10-12-21(13-11-20)30-23(19-7-4-3-5-8-19)27-22-9-6-14-26-24(22)30/h3-14H,2,15-18H2,1H3. The smallest absolute Gasteiger partial charge is 0.253 e. The van der Waals surface area contributed by atoms with Crippen molar-refractivity contribution in [3.63, 3.8) is 0 Å². The van der Waals surface area contributed by atoms with Crippen LogP contribution in [0.5, 0.6) is 0 Å². The van der Waals surface area contributed by atoms with Crippen molar-refractivity contribution in [2.45, 2.75) is 6.92 Å². The van der Waals surface area contributed by atoms with Crippen LogP contribution in [0.4, 0.5) is 0 Å². The van der Waals surface area contributed by atoms with E-state index in [9.17, 15) is 4.79 Å². The van der Waals surface area contributed by atoms with E-state index in [4.69, 9.17) is 4.98 Å². The summed E-state index contributed by atoms with van der Waals surface area (Å²) >= 11 is 0. The second kappa shape index (κ2) is 8.32. The Balaban J connectivity index is 1.48. The highest BCUT2D eigenvalue weighted by Gasteiger charge is 2.22. The van der Waals surface area contributed by atoms with Crippen LogP contribution in [-0.2, 0) is 0 Å². The first-order valence-corrected chi connectivity index (χ1v) is 10.8. The number of carbonyl (C=O) groups excluding carboxylic acids is 1. The number of benzene rings is 2. The Morgan fingerprint density at radius 1 is 0.903 bits per heavy atom. The van der Waals surface area contributed by atoms with E-state index in [0.717, 1.165) is 61.0 Å². The van der Waals surface area contributed by atoms with Gasteiger partial charge in [0.25, 0.3) is 5.91 Å². The van der Waals surface area contributed by atoms with Gasteiger partial charge < -0.3 is 9.80 Å². The summed E-state index contributed by atoms with van der Waals surface area (Å²) < 4.78 is 2.05. The van der Waals surface area contributed by atoms with Gasteiger partial charge in [-0.2, -0.15) is 0 Å². The molecule has 1 aliphatic rings. The van der Waals surface area contributed by atoms with Crippen LogP contribution in [0.1, 0.15) is 17.3 Å². The van der Waals surface area contributed by atoms with Crippen LogP contribution < -0.4 is 0 Å². The predicted molar refractivity (Wildman–Crippen MR) is 122 cm³/mol. The molecule has 3 heterocycles. The minimum Gasteiger partial charge on any atom is -0.336 e. The van der Waals surface area contributed by atoms with Crippen LogP contribution in [0.2, 0.25) is 0 Å². The minimum absolute atomic E-state index is 0.0965. The fourth-order valence-corrected chi connectivity index (χ4v) is 4.14. The molecule has 0 unspecified atom stereocenters. The highest BCUT2D eigenvalue weighted by atomic mass is 16.2. The topological polar surface area (TPSA) is 54.3 Å². The molecule has 2 aromatic carbocycles. The van der Waals surface area contributed by atoms with Crippen LogP contribution in [0, 0.1) is 0 Å². The van der Waals surface area contributed by atoms with Gasteiger partial charge in [-0.3, -0.25) is 9.36 Å². The summed E-state index contributed by atoms with van der Waals surface area (Å²) in [6, 6.07) is 21.8. The molecule has 0 atom stereocenters. The molecule has 0 saturated carbocycles. The number of carbonyl (C=O) groups is 1. The number of amides is 1. The average molecular weight is 412 g/mol. The van der Waals surface area contributed by atoms with Gasteiger partial charge in [-0.25, -0.2) is 9.97 Å². The summed E-state index contributed by atoms with van der Waals surface area (Å²) in [5.41, 5.74) is 4.32. The molecule has 1 saturated heterocycles. The number of pyridine rings is 1. The van der Waals surface area contributed by atoms with Gasteiger partial charge in [-0.1, -0.05) is 37.3 Å². The number of hydrogen-bond acceptors (Lipinski definition) is 4. The van der Waals surface area contributed by atoms with Gasteiger partial charge in [-0.05, 0) is 42.9 Å². The van der Waals surface area contributed by atoms with Crippen molar-refractivity contribution in [3.8, 4) is 17.1 Å². The van der Waals surface area contributed by atoms with Crippen LogP contribution >= 0.6 is 0 Å². The van der Waals surface area contributed by atoms with Gasteiger partial charge in [0.2, 0.25) is 0 Å². The molecule has 6 heteroatoms. The zero-order chi connectivity index (χ0) is 21.2. The lowest BCUT2D eigenvalue weighted by Gasteiger charge is -2.34. The third-order valence-corrected chi connectivity index (χ3v) is 5.93. The molecular weight excluding hydrogens is 386 g/mol. The second-order valence-corrected chi connectivity index (χ2v) is 7.76. The number of nitrogens with zero attached hydrogens (tertiary/aromatic N) is 5. The van der Waals surface area contributed by atoms with Crippen molar-refractivity contribution in [1.82, 2.24) is 24.3 Å². The van der Waals surface area contributed by atoms with E-state index in [0.29, 0.717) is 5.56 Å². The maximum atomic E-state index is 13.0. The van der Waals surface area contributed by atoms with E-state index in [1.807, 2.05) is 71.6 Å². The molecule has 1 amide bonds. The van der Waals surface area contributed by atoms with Crippen LogP contribution in [-0.4, -0.2) is 63.0 Å². The van der Waals surface area contributed by atoms with E-state index < -0.39 is 0 Å². The molecule has 0 aliphatic carbocycles. The summed E-state index contributed by atoms with van der Waals surface area (Å²) in [4.78, 5) is 26.7.